The Morgan fingerprint density at radius 2 is 1.90 bits per heavy atom. The SMILES string of the molecule is CSc1ccc(-c2nn(CC(C)C)c(=O)c(C)c2N)cc1. The van der Waals surface area contributed by atoms with Gasteiger partial charge < -0.3 is 5.73 Å². The fraction of sp³-hybridized carbons (Fsp3) is 0.375. The summed E-state index contributed by atoms with van der Waals surface area (Å²) in [6.45, 7) is 6.48. The number of anilines is 1. The van der Waals surface area contributed by atoms with Crippen LogP contribution in [0.2, 0.25) is 0 Å². The average molecular weight is 303 g/mol. The van der Waals surface area contributed by atoms with Gasteiger partial charge in [-0.05, 0) is 31.2 Å². The Kier molecular flexibility index (Phi) is 4.73. The number of aromatic nitrogens is 2. The Labute approximate surface area is 129 Å². The van der Waals surface area contributed by atoms with Crippen molar-refractivity contribution in [2.24, 2.45) is 5.92 Å². The van der Waals surface area contributed by atoms with E-state index in [9.17, 15) is 4.79 Å². The number of benzene rings is 1. The number of hydrogen-bond acceptors (Lipinski definition) is 4. The largest absolute Gasteiger partial charge is 0.397 e. The number of nitrogens with zero attached hydrogens (tertiary/aromatic N) is 2. The van der Waals surface area contributed by atoms with Crippen LogP contribution in [0.15, 0.2) is 34.0 Å². The van der Waals surface area contributed by atoms with Crippen molar-refractivity contribution in [1.29, 1.82) is 0 Å². The van der Waals surface area contributed by atoms with E-state index < -0.39 is 0 Å². The van der Waals surface area contributed by atoms with Crippen molar-refractivity contribution in [2.75, 3.05) is 12.0 Å². The van der Waals surface area contributed by atoms with Gasteiger partial charge in [0.2, 0.25) is 0 Å². The molecule has 2 rings (SSSR count). The molecule has 0 bridgehead atoms. The third kappa shape index (κ3) is 3.29. The maximum Gasteiger partial charge on any atom is 0.271 e. The van der Waals surface area contributed by atoms with Gasteiger partial charge in [0, 0.05) is 22.6 Å². The van der Waals surface area contributed by atoms with E-state index in [1.54, 1.807) is 18.7 Å². The number of rotatable bonds is 4. The van der Waals surface area contributed by atoms with Gasteiger partial charge in [-0.2, -0.15) is 5.10 Å². The lowest BCUT2D eigenvalue weighted by atomic mass is 10.1. The molecule has 0 saturated carbocycles. The van der Waals surface area contributed by atoms with Crippen LogP contribution in [0.3, 0.4) is 0 Å². The third-order valence-electron chi connectivity index (χ3n) is 3.34. The minimum Gasteiger partial charge on any atom is -0.397 e. The van der Waals surface area contributed by atoms with Gasteiger partial charge in [0.05, 0.1) is 5.69 Å². The molecule has 0 aliphatic carbocycles. The van der Waals surface area contributed by atoms with E-state index in [2.05, 4.69) is 18.9 Å². The predicted molar refractivity (Wildman–Crippen MR) is 89.7 cm³/mol. The van der Waals surface area contributed by atoms with Gasteiger partial charge in [0.25, 0.3) is 5.56 Å². The van der Waals surface area contributed by atoms with Crippen molar-refractivity contribution in [3.8, 4) is 11.3 Å². The summed E-state index contributed by atoms with van der Waals surface area (Å²) < 4.78 is 1.52. The first-order chi connectivity index (χ1) is 9.93. The molecular formula is C16H21N3OS. The molecule has 0 unspecified atom stereocenters. The molecule has 1 aromatic heterocycles. The van der Waals surface area contributed by atoms with Crippen LogP contribution in [0.1, 0.15) is 19.4 Å². The highest BCUT2D eigenvalue weighted by molar-refractivity contribution is 7.98. The second kappa shape index (κ2) is 6.35. The molecule has 0 saturated heterocycles. The highest BCUT2D eigenvalue weighted by atomic mass is 32.2. The van der Waals surface area contributed by atoms with Crippen molar-refractivity contribution in [3.05, 3.63) is 40.2 Å². The number of thioether (sulfide) groups is 1. The second-order valence-corrected chi connectivity index (χ2v) is 6.38. The predicted octanol–water partition coefficient (Wildman–Crippen LogP) is 3.18. The van der Waals surface area contributed by atoms with E-state index in [1.807, 2.05) is 30.5 Å². The molecule has 21 heavy (non-hydrogen) atoms. The lowest BCUT2D eigenvalue weighted by Crippen LogP contribution is -2.28. The normalized spacial score (nSPS) is 11.1. The summed E-state index contributed by atoms with van der Waals surface area (Å²) in [5.41, 5.74) is 8.65. The van der Waals surface area contributed by atoms with E-state index >= 15 is 0 Å². The van der Waals surface area contributed by atoms with Crippen LogP contribution >= 0.6 is 11.8 Å². The monoisotopic (exact) mass is 303 g/mol. The van der Waals surface area contributed by atoms with Crippen molar-refractivity contribution >= 4 is 17.4 Å². The highest BCUT2D eigenvalue weighted by Crippen LogP contribution is 2.26. The zero-order valence-electron chi connectivity index (χ0n) is 12.9. The van der Waals surface area contributed by atoms with Crippen LogP contribution in [-0.2, 0) is 6.54 Å². The lowest BCUT2D eigenvalue weighted by Gasteiger charge is -2.14. The number of nitrogens with two attached hydrogens (primary N) is 1. The van der Waals surface area contributed by atoms with Gasteiger partial charge >= 0.3 is 0 Å². The molecule has 0 radical (unpaired) electrons. The van der Waals surface area contributed by atoms with Crippen LogP contribution in [0.5, 0.6) is 0 Å². The average Bonchev–Trinajstić information content (AvgIpc) is 2.47. The Bertz CT molecular complexity index is 690. The van der Waals surface area contributed by atoms with Crippen LogP contribution in [0.4, 0.5) is 5.69 Å². The minimum atomic E-state index is -0.106. The Balaban J connectivity index is 2.56. The minimum absolute atomic E-state index is 0.106. The number of hydrogen-bond donors (Lipinski definition) is 1. The summed E-state index contributed by atoms with van der Waals surface area (Å²) in [6, 6.07) is 8.06. The molecule has 0 aliphatic rings. The van der Waals surface area contributed by atoms with Gasteiger partial charge in [-0.1, -0.05) is 26.0 Å². The molecule has 5 heteroatoms. The molecular weight excluding hydrogens is 282 g/mol. The molecule has 2 N–H and O–H groups in total. The standard InChI is InChI=1S/C16H21N3OS/c1-10(2)9-19-16(20)11(3)14(17)15(18-19)12-5-7-13(21-4)8-6-12/h5-8,10H,9,17H2,1-4H3. The van der Waals surface area contributed by atoms with Crippen molar-refractivity contribution in [3.63, 3.8) is 0 Å². The van der Waals surface area contributed by atoms with E-state index in [-0.39, 0.29) is 5.56 Å². The van der Waals surface area contributed by atoms with E-state index in [0.29, 0.717) is 29.4 Å². The highest BCUT2D eigenvalue weighted by Gasteiger charge is 2.14. The molecule has 2 aromatic rings. The first kappa shape index (κ1) is 15.6. The molecule has 0 aliphatic heterocycles. The van der Waals surface area contributed by atoms with Crippen LogP contribution in [0.25, 0.3) is 11.3 Å². The third-order valence-corrected chi connectivity index (χ3v) is 4.08. The van der Waals surface area contributed by atoms with Crippen molar-refractivity contribution in [1.82, 2.24) is 9.78 Å². The van der Waals surface area contributed by atoms with Crippen LogP contribution < -0.4 is 11.3 Å². The van der Waals surface area contributed by atoms with E-state index in [0.717, 1.165) is 5.56 Å². The Morgan fingerprint density at radius 3 is 2.43 bits per heavy atom. The summed E-state index contributed by atoms with van der Waals surface area (Å²) in [5, 5.41) is 4.47. The maximum absolute atomic E-state index is 12.2. The lowest BCUT2D eigenvalue weighted by molar-refractivity contribution is 0.464. The summed E-state index contributed by atoms with van der Waals surface area (Å²) in [7, 11) is 0. The second-order valence-electron chi connectivity index (χ2n) is 5.50. The topological polar surface area (TPSA) is 60.9 Å². The van der Waals surface area contributed by atoms with E-state index in [1.165, 1.54) is 9.58 Å². The summed E-state index contributed by atoms with van der Waals surface area (Å²) in [5.74, 6) is 0.352. The van der Waals surface area contributed by atoms with Gasteiger partial charge in [-0.3, -0.25) is 4.79 Å². The van der Waals surface area contributed by atoms with Gasteiger partial charge in [0.15, 0.2) is 0 Å². The van der Waals surface area contributed by atoms with E-state index in [4.69, 9.17) is 5.73 Å². The molecule has 1 aromatic carbocycles. The first-order valence-corrected chi connectivity index (χ1v) is 8.18. The van der Waals surface area contributed by atoms with Crippen molar-refractivity contribution in [2.45, 2.75) is 32.2 Å². The molecule has 1 heterocycles. The number of nitrogen functional groups attached to an aromatic ring is 1. The van der Waals surface area contributed by atoms with Gasteiger partial charge in [-0.25, -0.2) is 4.68 Å². The first-order valence-electron chi connectivity index (χ1n) is 6.95. The summed E-state index contributed by atoms with van der Waals surface area (Å²) >= 11 is 1.69. The zero-order chi connectivity index (χ0) is 15.6. The Morgan fingerprint density at radius 1 is 1.29 bits per heavy atom. The molecule has 4 nitrogen and oxygen atoms in total. The van der Waals surface area contributed by atoms with Crippen molar-refractivity contribution < 1.29 is 0 Å². The maximum atomic E-state index is 12.2. The molecule has 0 amide bonds. The van der Waals surface area contributed by atoms with Gasteiger partial charge in [-0.15, -0.1) is 11.8 Å². The van der Waals surface area contributed by atoms with Crippen LogP contribution in [-0.4, -0.2) is 16.0 Å². The van der Waals surface area contributed by atoms with Gasteiger partial charge in [0.1, 0.15) is 5.69 Å². The Hall–Kier alpha value is -1.75. The van der Waals surface area contributed by atoms with Crippen LogP contribution in [0, 0.1) is 12.8 Å². The molecule has 0 atom stereocenters. The quantitative estimate of drug-likeness (QED) is 0.881. The summed E-state index contributed by atoms with van der Waals surface area (Å²) in [6.07, 6.45) is 2.04. The fourth-order valence-corrected chi connectivity index (χ4v) is 2.55. The zero-order valence-corrected chi connectivity index (χ0v) is 13.7. The summed E-state index contributed by atoms with van der Waals surface area (Å²) in [4.78, 5) is 13.4. The molecule has 112 valence electrons. The molecule has 0 fully saturated rings. The smallest absolute Gasteiger partial charge is 0.271 e. The fourth-order valence-electron chi connectivity index (χ4n) is 2.14. The molecule has 0 spiro atoms.